The fraction of sp³-hybridized carbons (Fsp3) is 0. The Bertz CT molecular complexity index is 659. The number of carbonyl (C=O) groups is 1. The van der Waals surface area contributed by atoms with Gasteiger partial charge in [-0.1, -0.05) is 22.9 Å². The van der Waals surface area contributed by atoms with Gasteiger partial charge in [-0.3, -0.25) is 14.9 Å². The summed E-state index contributed by atoms with van der Waals surface area (Å²) < 4.78 is 0. The summed E-state index contributed by atoms with van der Waals surface area (Å²) in [5, 5.41) is 20.4. The maximum absolute atomic E-state index is 11.7. The van der Waals surface area contributed by atoms with Gasteiger partial charge in [-0.15, -0.1) is 10.2 Å². The van der Waals surface area contributed by atoms with Crippen molar-refractivity contribution in [2.45, 2.75) is 0 Å². The number of halogens is 1. The molecule has 2 rings (SSSR count). The van der Waals surface area contributed by atoms with Crippen molar-refractivity contribution in [2.24, 2.45) is 0 Å². The number of nitrogens with zero attached hydrogens (tertiary/aromatic N) is 3. The summed E-state index contributed by atoms with van der Waals surface area (Å²) in [5.41, 5.74) is 5.29. The monoisotopic (exact) mass is 299 g/mol. The second-order valence-electron chi connectivity index (χ2n) is 3.32. The Morgan fingerprint density at radius 3 is 2.79 bits per heavy atom. The Morgan fingerprint density at radius 1 is 1.47 bits per heavy atom. The quantitative estimate of drug-likeness (QED) is 0.659. The predicted molar refractivity (Wildman–Crippen MR) is 70.4 cm³/mol. The molecule has 10 heteroatoms. The first kappa shape index (κ1) is 13.2. The number of aromatic nitrogens is 2. The smallest absolute Gasteiger partial charge is 0.289 e. The van der Waals surface area contributed by atoms with Crippen LogP contribution in [0.2, 0.25) is 5.02 Å². The van der Waals surface area contributed by atoms with Crippen LogP contribution in [-0.2, 0) is 0 Å². The van der Waals surface area contributed by atoms with Crippen molar-refractivity contribution < 1.29 is 9.72 Å². The molecular formula is C9H6ClN5O3S. The summed E-state index contributed by atoms with van der Waals surface area (Å²) in [4.78, 5) is 21.8. The van der Waals surface area contributed by atoms with Crippen LogP contribution >= 0.6 is 22.9 Å². The molecule has 0 aliphatic rings. The highest BCUT2D eigenvalue weighted by Gasteiger charge is 2.16. The van der Waals surface area contributed by atoms with Crippen LogP contribution in [0.25, 0.3) is 0 Å². The van der Waals surface area contributed by atoms with Crippen LogP contribution in [0.1, 0.15) is 9.80 Å². The maximum atomic E-state index is 11.7. The van der Waals surface area contributed by atoms with Crippen molar-refractivity contribution in [1.82, 2.24) is 10.2 Å². The molecule has 0 fully saturated rings. The minimum atomic E-state index is -0.638. The van der Waals surface area contributed by atoms with Crippen molar-refractivity contribution >= 4 is 45.4 Å². The van der Waals surface area contributed by atoms with Crippen LogP contribution < -0.4 is 11.1 Å². The second-order valence-corrected chi connectivity index (χ2v) is 4.74. The minimum absolute atomic E-state index is 0.0110. The fourth-order valence-electron chi connectivity index (χ4n) is 1.24. The van der Waals surface area contributed by atoms with Gasteiger partial charge >= 0.3 is 0 Å². The zero-order valence-electron chi connectivity index (χ0n) is 9.16. The van der Waals surface area contributed by atoms with Crippen LogP contribution in [-0.4, -0.2) is 21.0 Å². The number of hydrogen-bond acceptors (Lipinski definition) is 7. The number of benzene rings is 1. The molecule has 0 saturated carbocycles. The molecule has 2 aromatic rings. The number of nitro groups is 1. The van der Waals surface area contributed by atoms with E-state index in [1.165, 1.54) is 12.1 Å². The number of amides is 1. The van der Waals surface area contributed by atoms with E-state index in [2.05, 4.69) is 15.5 Å². The van der Waals surface area contributed by atoms with E-state index >= 15 is 0 Å². The van der Waals surface area contributed by atoms with Crippen LogP contribution in [0.15, 0.2) is 18.2 Å². The lowest BCUT2D eigenvalue weighted by atomic mass is 10.3. The SMILES string of the molecule is Nc1nnc(C(=O)Nc2ccc(Cl)c([N+](=O)[O-])c2)s1. The lowest BCUT2D eigenvalue weighted by Gasteiger charge is -2.03. The molecule has 0 aliphatic carbocycles. The van der Waals surface area contributed by atoms with Crippen molar-refractivity contribution in [3.8, 4) is 0 Å². The van der Waals surface area contributed by atoms with Gasteiger partial charge in [0.1, 0.15) is 5.02 Å². The average Bonchev–Trinajstić information content (AvgIpc) is 2.78. The van der Waals surface area contributed by atoms with E-state index in [0.29, 0.717) is 0 Å². The summed E-state index contributed by atoms with van der Waals surface area (Å²) in [6.45, 7) is 0. The third kappa shape index (κ3) is 2.95. The molecule has 1 aromatic carbocycles. The molecule has 3 N–H and O–H groups in total. The molecule has 0 saturated heterocycles. The number of anilines is 2. The van der Waals surface area contributed by atoms with Gasteiger partial charge in [0.05, 0.1) is 4.92 Å². The molecule has 19 heavy (non-hydrogen) atoms. The van der Waals surface area contributed by atoms with Crippen LogP contribution in [0.4, 0.5) is 16.5 Å². The van der Waals surface area contributed by atoms with Crippen molar-refractivity contribution in [3.63, 3.8) is 0 Å². The number of nitrogens with one attached hydrogen (secondary N) is 1. The Balaban J connectivity index is 2.22. The number of nitro benzene ring substituents is 1. The molecule has 0 unspecified atom stereocenters. The van der Waals surface area contributed by atoms with Crippen molar-refractivity contribution in [3.05, 3.63) is 38.3 Å². The summed E-state index contributed by atoms with van der Waals surface area (Å²) in [5.74, 6) is -0.550. The molecule has 0 atom stereocenters. The maximum Gasteiger partial charge on any atom is 0.289 e. The van der Waals surface area contributed by atoms with Gasteiger partial charge in [0.15, 0.2) is 0 Å². The van der Waals surface area contributed by atoms with Gasteiger partial charge < -0.3 is 11.1 Å². The highest BCUT2D eigenvalue weighted by molar-refractivity contribution is 7.16. The zero-order valence-corrected chi connectivity index (χ0v) is 10.7. The zero-order chi connectivity index (χ0) is 14.0. The van der Waals surface area contributed by atoms with Crippen LogP contribution in [0.3, 0.4) is 0 Å². The van der Waals surface area contributed by atoms with Gasteiger partial charge in [0, 0.05) is 11.8 Å². The number of rotatable bonds is 3. The Morgan fingerprint density at radius 2 is 2.21 bits per heavy atom. The van der Waals surface area contributed by atoms with Crippen molar-refractivity contribution in [1.29, 1.82) is 0 Å². The van der Waals surface area contributed by atoms with E-state index < -0.39 is 10.8 Å². The van der Waals surface area contributed by atoms with E-state index in [1.807, 2.05) is 0 Å². The number of nitrogen functional groups attached to an aromatic ring is 1. The largest absolute Gasteiger partial charge is 0.374 e. The van der Waals surface area contributed by atoms with Gasteiger partial charge in [0.25, 0.3) is 11.6 Å². The predicted octanol–water partition coefficient (Wildman–Crippen LogP) is 1.93. The minimum Gasteiger partial charge on any atom is -0.374 e. The second kappa shape index (κ2) is 5.16. The summed E-state index contributed by atoms with van der Waals surface area (Å²) in [6.07, 6.45) is 0. The summed E-state index contributed by atoms with van der Waals surface area (Å²) in [6, 6.07) is 3.92. The highest BCUT2D eigenvalue weighted by Crippen LogP contribution is 2.27. The van der Waals surface area contributed by atoms with Gasteiger partial charge in [-0.2, -0.15) is 0 Å². The third-order valence-electron chi connectivity index (χ3n) is 2.04. The lowest BCUT2D eigenvalue weighted by Crippen LogP contribution is -2.11. The topological polar surface area (TPSA) is 124 Å². The molecule has 0 spiro atoms. The van der Waals surface area contributed by atoms with Crippen molar-refractivity contribution in [2.75, 3.05) is 11.1 Å². The summed E-state index contributed by atoms with van der Waals surface area (Å²) >= 11 is 6.57. The molecule has 1 aromatic heterocycles. The standard InChI is InChI=1S/C9H6ClN5O3S/c10-5-2-1-4(3-6(5)15(17)18)12-7(16)8-13-14-9(11)19-8/h1-3H,(H2,11,14)(H,12,16). The normalized spacial score (nSPS) is 10.2. The Labute approximate surface area is 115 Å². The first-order chi connectivity index (χ1) is 8.97. The van der Waals surface area contributed by atoms with Crippen LogP contribution in [0, 0.1) is 10.1 Å². The molecule has 0 radical (unpaired) electrons. The molecule has 98 valence electrons. The number of hydrogen-bond donors (Lipinski definition) is 2. The van der Waals surface area contributed by atoms with E-state index in [9.17, 15) is 14.9 Å². The lowest BCUT2D eigenvalue weighted by molar-refractivity contribution is -0.384. The van der Waals surface area contributed by atoms with E-state index in [4.69, 9.17) is 17.3 Å². The first-order valence-corrected chi connectivity index (χ1v) is 6.01. The Hall–Kier alpha value is -2.26. The molecule has 1 heterocycles. The molecule has 0 bridgehead atoms. The van der Waals surface area contributed by atoms with E-state index in [1.54, 1.807) is 0 Å². The third-order valence-corrected chi connectivity index (χ3v) is 3.11. The molecular weight excluding hydrogens is 294 g/mol. The first-order valence-electron chi connectivity index (χ1n) is 4.81. The molecule has 1 amide bonds. The van der Waals surface area contributed by atoms with Crippen LogP contribution in [0.5, 0.6) is 0 Å². The van der Waals surface area contributed by atoms with Gasteiger partial charge in [0.2, 0.25) is 10.1 Å². The number of carbonyl (C=O) groups excluding carboxylic acids is 1. The van der Waals surface area contributed by atoms with Gasteiger partial charge in [-0.25, -0.2) is 0 Å². The van der Waals surface area contributed by atoms with Gasteiger partial charge in [-0.05, 0) is 12.1 Å². The van der Waals surface area contributed by atoms with E-state index in [-0.39, 0.29) is 26.5 Å². The average molecular weight is 300 g/mol. The highest BCUT2D eigenvalue weighted by atomic mass is 35.5. The fourth-order valence-corrected chi connectivity index (χ4v) is 1.93. The Kier molecular flexibility index (Phi) is 3.58. The summed E-state index contributed by atoms with van der Waals surface area (Å²) in [7, 11) is 0. The number of nitrogens with two attached hydrogens (primary N) is 1. The molecule has 0 aliphatic heterocycles. The van der Waals surface area contributed by atoms with E-state index in [0.717, 1.165) is 17.4 Å². The molecule has 8 nitrogen and oxygen atoms in total.